The number of ether oxygens (including phenoxy) is 2. The van der Waals surface area contributed by atoms with Crippen molar-refractivity contribution in [2.45, 2.75) is 50.4 Å². The Morgan fingerprint density at radius 3 is 2.58 bits per heavy atom. The second-order valence-electron chi connectivity index (χ2n) is 6.53. The first-order chi connectivity index (χ1) is 11.7. The Kier molecular flexibility index (Phi) is 5.63. The fourth-order valence-corrected chi connectivity index (χ4v) is 3.54. The number of hydrogen-bond acceptors (Lipinski definition) is 6. The van der Waals surface area contributed by atoms with Crippen molar-refractivity contribution < 1.29 is 19.4 Å². The minimum atomic E-state index is -0.455. The second-order valence-corrected chi connectivity index (χ2v) is 6.53. The Hall–Kier alpha value is -1.73. The molecule has 24 heavy (non-hydrogen) atoms. The van der Waals surface area contributed by atoms with E-state index in [1.807, 2.05) is 4.90 Å². The number of carbonyl (C=O) groups is 1. The maximum atomic E-state index is 12.7. The number of methoxy groups -OCH3 is 1. The van der Waals surface area contributed by atoms with Crippen LogP contribution >= 0.6 is 0 Å². The van der Waals surface area contributed by atoms with E-state index in [4.69, 9.17) is 9.47 Å². The van der Waals surface area contributed by atoms with E-state index in [1.54, 1.807) is 25.6 Å². The number of rotatable bonds is 4. The Labute approximate surface area is 142 Å². The first-order valence-corrected chi connectivity index (χ1v) is 8.60. The standard InChI is InChI=1S/C17H25N3O4/c1-23-15-11-12(3-4-14(15)21)16(22)20-9-5-13(6-10-20)24-17-18-7-2-8-19-17/h2,7-8,12-15,21H,3-6,9-11H2,1H3/t12-,14+,15-/m1/s1. The lowest BCUT2D eigenvalue weighted by atomic mass is 9.84. The van der Waals surface area contributed by atoms with Crippen LogP contribution in [0.25, 0.3) is 0 Å². The zero-order chi connectivity index (χ0) is 16.9. The van der Waals surface area contributed by atoms with Crippen molar-refractivity contribution in [3.8, 4) is 6.01 Å². The minimum Gasteiger partial charge on any atom is -0.460 e. The van der Waals surface area contributed by atoms with Gasteiger partial charge in [-0.1, -0.05) is 0 Å². The highest BCUT2D eigenvalue weighted by Gasteiger charge is 2.36. The fourth-order valence-electron chi connectivity index (χ4n) is 3.54. The van der Waals surface area contributed by atoms with Gasteiger partial charge in [0.15, 0.2) is 0 Å². The molecule has 0 aromatic carbocycles. The van der Waals surface area contributed by atoms with E-state index < -0.39 is 6.10 Å². The summed E-state index contributed by atoms with van der Waals surface area (Å²) in [4.78, 5) is 22.8. The van der Waals surface area contributed by atoms with Gasteiger partial charge in [0, 0.05) is 51.4 Å². The fraction of sp³-hybridized carbons (Fsp3) is 0.706. The molecule has 7 heteroatoms. The van der Waals surface area contributed by atoms with Crippen molar-refractivity contribution in [3.05, 3.63) is 18.5 Å². The summed E-state index contributed by atoms with van der Waals surface area (Å²) in [7, 11) is 1.59. The zero-order valence-electron chi connectivity index (χ0n) is 14.0. The van der Waals surface area contributed by atoms with Gasteiger partial charge in [0.25, 0.3) is 0 Å². The van der Waals surface area contributed by atoms with Crippen LogP contribution < -0.4 is 4.74 Å². The molecule has 3 rings (SSSR count). The molecule has 2 aliphatic rings. The van der Waals surface area contributed by atoms with E-state index in [9.17, 15) is 9.90 Å². The molecule has 1 aromatic heterocycles. The monoisotopic (exact) mass is 335 g/mol. The van der Waals surface area contributed by atoms with E-state index >= 15 is 0 Å². The van der Waals surface area contributed by atoms with Crippen LogP contribution in [0.15, 0.2) is 18.5 Å². The highest BCUT2D eigenvalue weighted by molar-refractivity contribution is 5.79. The number of aromatic nitrogens is 2. The SMILES string of the molecule is CO[C@@H]1C[C@H](C(=O)N2CCC(Oc3ncccn3)CC2)CC[C@@H]1O. The van der Waals surface area contributed by atoms with Gasteiger partial charge in [0.05, 0.1) is 12.2 Å². The lowest BCUT2D eigenvalue weighted by Gasteiger charge is -2.37. The summed E-state index contributed by atoms with van der Waals surface area (Å²) < 4.78 is 11.1. The number of aliphatic hydroxyl groups excluding tert-OH is 1. The number of likely N-dealkylation sites (tertiary alicyclic amines) is 1. The van der Waals surface area contributed by atoms with E-state index in [2.05, 4.69) is 9.97 Å². The van der Waals surface area contributed by atoms with Crippen LogP contribution in [-0.2, 0) is 9.53 Å². The maximum Gasteiger partial charge on any atom is 0.316 e. The summed E-state index contributed by atoms with van der Waals surface area (Å²) in [5.41, 5.74) is 0. The number of nitrogens with zero attached hydrogens (tertiary/aromatic N) is 3. The average molecular weight is 335 g/mol. The topological polar surface area (TPSA) is 84.8 Å². The summed E-state index contributed by atoms with van der Waals surface area (Å²) >= 11 is 0. The molecule has 3 atom stereocenters. The largest absolute Gasteiger partial charge is 0.460 e. The van der Waals surface area contributed by atoms with Crippen LogP contribution in [0, 0.1) is 5.92 Å². The summed E-state index contributed by atoms with van der Waals surface area (Å²) in [6.45, 7) is 1.38. The van der Waals surface area contributed by atoms with Gasteiger partial charge in [-0.05, 0) is 25.3 Å². The van der Waals surface area contributed by atoms with Crippen molar-refractivity contribution in [2.75, 3.05) is 20.2 Å². The van der Waals surface area contributed by atoms with Crippen molar-refractivity contribution in [3.63, 3.8) is 0 Å². The van der Waals surface area contributed by atoms with Crippen molar-refractivity contribution in [1.29, 1.82) is 0 Å². The van der Waals surface area contributed by atoms with E-state index in [0.717, 1.165) is 19.3 Å². The summed E-state index contributed by atoms with van der Waals surface area (Å²) in [6.07, 6.45) is 6.21. The molecule has 2 heterocycles. The Morgan fingerprint density at radius 2 is 1.92 bits per heavy atom. The summed E-state index contributed by atoms with van der Waals surface area (Å²) in [5, 5.41) is 9.88. The quantitative estimate of drug-likeness (QED) is 0.884. The van der Waals surface area contributed by atoms with E-state index in [-0.39, 0.29) is 24.0 Å². The minimum absolute atomic E-state index is 0.0479. The van der Waals surface area contributed by atoms with E-state index in [1.165, 1.54) is 0 Å². The Bertz CT molecular complexity index is 534. The van der Waals surface area contributed by atoms with Gasteiger partial charge < -0.3 is 19.5 Å². The third-order valence-corrected chi connectivity index (χ3v) is 4.98. The molecular weight excluding hydrogens is 310 g/mol. The predicted octanol–water partition coefficient (Wildman–Crippen LogP) is 1.02. The van der Waals surface area contributed by atoms with Gasteiger partial charge >= 0.3 is 6.01 Å². The van der Waals surface area contributed by atoms with Gasteiger partial charge in [-0.25, -0.2) is 9.97 Å². The number of hydrogen-bond donors (Lipinski definition) is 1. The number of piperidine rings is 1. The van der Waals surface area contributed by atoms with Gasteiger partial charge in [-0.3, -0.25) is 4.79 Å². The molecule has 0 radical (unpaired) electrons. The first kappa shape index (κ1) is 17.1. The summed E-state index contributed by atoms with van der Waals surface area (Å²) in [5.74, 6) is 0.131. The first-order valence-electron chi connectivity index (χ1n) is 8.60. The highest BCUT2D eigenvalue weighted by Crippen LogP contribution is 2.29. The van der Waals surface area contributed by atoms with Gasteiger partial charge in [0.1, 0.15) is 6.10 Å². The Morgan fingerprint density at radius 1 is 1.21 bits per heavy atom. The predicted molar refractivity (Wildman–Crippen MR) is 86.4 cm³/mol. The molecule has 2 fully saturated rings. The van der Waals surface area contributed by atoms with Gasteiger partial charge in [0.2, 0.25) is 5.91 Å². The van der Waals surface area contributed by atoms with Gasteiger partial charge in [-0.15, -0.1) is 0 Å². The van der Waals surface area contributed by atoms with E-state index in [0.29, 0.717) is 31.9 Å². The normalized spacial score (nSPS) is 28.6. The van der Waals surface area contributed by atoms with Crippen molar-refractivity contribution in [1.82, 2.24) is 14.9 Å². The molecule has 1 saturated carbocycles. The van der Waals surface area contributed by atoms with Crippen LogP contribution in [0.4, 0.5) is 0 Å². The third-order valence-electron chi connectivity index (χ3n) is 4.98. The molecule has 1 N–H and O–H groups in total. The molecule has 1 aliphatic carbocycles. The molecule has 1 amide bonds. The number of carbonyl (C=O) groups excluding carboxylic acids is 1. The van der Waals surface area contributed by atoms with Crippen LogP contribution in [0.2, 0.25) is 0 Å². The van der Waals surface area contributed by atoms with Crippen molar-refractivity contribution >= 4 is 5.91 Å². The van der Waals surface area contributed by atoms with Crippen LogP contribution in [0.5, 0.6) is 6.01 Å². The average Bonchev–Trinajstić information content (AvgIpc) is 2.63. The second kappa shape index (κ2) is 7.90. The Balaban J connectivity index is 1.48. The molecule has 0 spiro atoms. The lowest BCUT2D eigenvalue weighted by molar-refractivity contribution is -0.142. The number of aliphatic hydroxyl groups is 1. The van der Waals surface area contributed by atoms with Crippen molar-refractivity contribution in [2.24, 2.45) is 5.92 Å². The molecule has 0 unspecified atom stereocenters. The lowest BCUT2D eigenvalue weighted by Crippen LogP contribution is -2.47. The van der Waals surface area contributed by atoms with Gasteiger partial charge in [-0.2, -0.15) is 0 Å². The molecule has 132 valence electrons. The smallest absolute Gasteiger partial charge is 0.316 e. The highest BCUT2D eigenvalue weighted by atomic mass is 16.5. The summed E-state index contributed by atoms with van der Waals surface area (Å²) in [6, 6.07) is 2.15. The molecule has 7 nitrogen and oxygen atoms in total. The molecule has 1 saturated heterocycles. The molecule has 1 aromatic rings. The van der Waals surface area contributed by atoms with Crippen LogP contribution in [-0.4, -0.2) is 64.4 Å². The molecular formula is C17H25N3O4. The molecule has 0 bridgehead atoms. The van der Waals surface area contributed by atoms with Crippen LogP contribution in [0.3, 0.4) is 0 Å². The zero-order valence-corrected chi connectivity index (χ0v) is 14.0. The molecule has 1 aliphatic heterocycles. The maximum absolute atomic E-state index is 12.7. The van der Waals surface area contributed by atoms with Crippen LogP contribution in [0.1, 0.15) is 32.1 Å². The number of amides is 1. The third kappa shape index (κ3) is 4.02.